The van der Waals surface area contributed by atoms with Crippen molar-refractivity contribution in [2.75, 3.05) is 7.11 Å². The van der Waals surface area contributed by atoms with Crippen molar-refractivity contribution in [2.24, 2.45) is 0 Å². The number of aromatic hydroxyl groups is 1. The zero-order valence-electron chi connectivity index (χ0n) is 17.3. The Labute approximate surface area is 173 Å². The second kappa shape index (κ2) is 8.24. The first-order chi connectivity index (χ1) is 12.4. The number of para-hydroxylation sites is 1. The van der Waals surface area contributed by atoms with Crippen LogP contribution in [0.2, 0.25) is 0 Å². The van der Waals surface area contributed by atoms with Gasteiger partial charge in [0.05, 0.1) is 11.3 Å². The van der Waals surface area contributed by atoms with Gasteiger partial charge in [0.1, 0.15) is 11.5 Å². The van der Waals surface area contributed by atoms with Gasteiger partial charge in [-0.2, -0.15) is 0 Å². The van der Waals surface area contributed by atoms with Gasteiger partial charge in [-0.3, -0.25) is 0 Å². The van der Waals surface area contributed by atoms with Crippen LogP contribution in [0.25, 0.3) is 0 Å². The average Bonchev–Trinajstić information content (AvgIpc) is 2.58. The highest BCUT2D eigenvalue weighted by Gasteiger charge is 2.27. The fourth-order valence-electron chi connectivity index (χ4n) is 2.94. The maximum absolute atomic E-state index is 10.9. The fraction of sp³-hybridized carbons (Fsp3) is 0.435. The second-order valence-electron chi connectivity index (χ2n) is 8.81. The maximum Gasteiger partial charge on any atom is 0.123 e. The number of ether oxygens (including phenoxy) is 1. The minimum Gasteiger partial charge on any atom is -0.507 e. The molecule has 27 heavy (non-hydrogen) atoms. The topological polar surface area (TPSA) is 29.5 Å². The van der Waals surface area contributed by atoms with E-state index in [-0.39, 0.29) is 10.8 Å². The first-order valence-corrected chi connectivity index (χ1v) is 10.5. The highest BCUT2D eigenvalue weighted by molar-refractivity contribution is 8.23. The standard InChI is InChI=1S/C23H30O2S2/c1-22(2,3)17-12-16(13-18(20(17)24)23(4,5)6)21(26)27-14-15-10-8-9-11-19(15)25-7/h8-13,24H,14H2,1-7H3. The van der Waals surface area contributed by atoms with Crippen LogP contribution < -0.4 is 4.74 Å². The van der Waals surface area contributed by atoms with Gasteiger partial charge in [0.15, 0.2) is 0 Å². The lowest BCUT2D eigenvalue weighted by atomic mass is 9.78. The molecular weight excluding hydrogens is 372 g/mol. The number of phenolic OH excluding ortho intramolecular Hbond substituents is 1. The molecule has 0 atom stereocenters. The molecule has 0 radical (unpaired) electrons. The van der Waals surface area contributed by atoms with Gasteiger partial charge in [-0.05, 0) is 34.6 Å². The van der Waals surface area contributed by atoms with E-state index in [0.29, 0.717) is 5.75 Å². The summed E-state index contributed by atoms with van der Waals surface area (Å²) >= 11 is 7.37. The van der Waals surface area contributed by atoms with Crippen molar-refractivity contribution in [1.29, 1.82) is 0 Å². The first kappa shape index (κ1) is 21.8. The van der Waals surface area contributed by atoms with Crippen molar-refractivity contribution >= 4 is 28.2 Å². The summed E-state index contributed by atoms with van der Waals surface area (Å²) in [4.78, 5) is 0. The second-order valence-corrected chi connectivity index (χ2v) is 10.5. The van der Waals surface area contributed by atoms with E-state index >= 15 is 0 Å². The molecule has 0 unspecified atom stereocenters. The molecule has 2 nitrogen and oxygen atoms in total. The highest BCUT2D eigenvalue weighted by Crippen LogP contribution is 2.40. The summed E-state index contributed by atoms with van der Waals surface area (Å²) in [6.07, 6.45) is 0. The van der Waals surface area contributed by atoms with Crippen LogP contribution >= 0.6 is 24.0 Å². The van der Waals surface area contributed by atoms with E-state index in [9.17, 15) is 5.11 Å². The third kappa shape index (κ3) is 5.26. The summed E-state index contributed by atoms with van der Waals surface area (Å²) in [7, 11) is 1.69. The minimum atomic E-state index is -0.164. The smallest absolute Gasteiger partial charge is 0.123 e. The van der Waals surface area contributed by atoms with Gasteiger partial charge in [-0.15, -0.1) is 11.8 Å². The highest BCUT2D eigenvalue weighted by atomic mass is 32.2. The van der Waals surface area contributed by atoms with Gasteiger partial charge in [-0.25, -0.2) is 0 Å². The van der Waals surface area contributed by atoms with Gasteiger partial charge in [0.2, 0.25) is 0 Å². The normalized spacial score (nSPS) is 12.1. The summed E-state index contributed by atoms with van der Waals surface area (Å²) in [5.74, 6) is 2.01. The molecule has 0 spiro atoms. The van der Waals surface area contributed by atoms with Gasteiger partial charge in [0.25, 0.3) is 0 Å². The third-order valence-electron chi connectivity index (χ3n) is 4.51. The summed E-state index contributed by atoms with van der Waals surface area (Å²) in [5, 5.41) is 10.9. The van der Waals surface area contributed by atoms with Gasteiger partial charge in [-0.1, -0.05) is 72.0 Å². The molecule has 2 aromatic rings. The number of hydrogen-bond donors (Lipinski definition) is 1. The Kier molecular flexibility index (Phi) is 6.64. The lowest BCUT2D eigenvalue weighted by molar-refractivity contribution is 0.411. The minimum absolute atomic E-state index is 0.164. The molecule has 0 aliphatic carbocycles. The molecule has 0 bridgehead atoms. The maximum atomic E-state index is 10.9. The Morgan fingerprint density at radius 1 is 1.00 bits per heavy atom. The molecule has 0 fully saturated rings. The molecule has 146 valence electrons. The zero-order chi connectivity index (χ0) is 20.4. The van der Waals surface area contributed by atoms with E-state index in [4.69, 9.17) is 17.0 Å². The lowest BCUT2D eigenvalue weighted by Crippen LogP contribution is -2.18. The molecule has 0 aromatic heterocycles. The van der Waals surface area contributed by atoms with E-state index in [1.165, 1.54) is 0 Å². The predicted octanol–water partition coefficient (Wildman–Crippen LogP) is 6.60. The van der Waals surface area contributed by atoms with E-state index < -0.39 is 0 Å². The molecule has 2 rings (SSSR count). The molecule has 4 heteroatoms. The van der Waals surface area contributed by atoms with Gasteiger partial charge < -0.3 is 9.84 Å². The van der Waals surface area contributed by atoms with E-state index in [1.807, 2.05) is 30.3 Å². The largest absolute Gasteiger partial charge is 0.507 e. The zero-order valence-corrected chi connectivity index (χ0v) is 19.0. The van der Waals surface area contributed by atoms with Crippen molar-refractivity contribution in [3.63, 3.8) is 0 Å². The molecular formula is C23H30O2S2. The summed E-state index contributed by atoms with van der Waals surface area (Å²) in [6.45, 7) is 12.7. The summed E-state index contributed by atoms with van der Waals surface area (Å²) in [5.41, 5.74) is 3.66. The van der Waals surface area contributed by atoms with E-state index in [0.717, 1.165) is 38.0 Å². The Morgan fingerprint density at radius 3 is 2.00 bits per heavy atom. The van der Waals surface area contributed by atoms with E-state index in [2.05, 4.69) is 47.6 Å². The quantitative estimate of drug-likeness (QED) is 0.583. The fourth-order valence-corrected chi connectivity index (χ4v) is 4.05. The number of methoxy groups -OCH3 is 1. The van der Waals surface area contributed by atoms with Crippen LogP contribution in [0, 0.1) is 0 Å². The number of hydrogen-bond acceptors (Lipinski definition) is 4. The van der Waals surface area contributed by atoms with Crippen LogP contribution in [-0.4, -0.2) is 16.4 Å². The number of phenols is 1. The Bertz CT molecular complexity index is 792. The summed E-state index contributed by atoms with van der Waals surface area (Å²) in [6, 6.07) is 12.1. The number of rotatable bonds is 4. The average molecular weight is 403 g/mol. The molecule has 0 saturated heterocycles. The molecule has 2 aromatic carbocycles. The van der Waals surface area contributed by atoms with Crippen LogP contribution in [-0.2, 0) is 16.6 Å². The SMILES string of the molecule is COc1ccccc1CSC(=S)c1cc(C(C)(C)C)c(O)c(C(C)(C)C)c1. The Balaban J connectivity index is 2.38. The number of thioether (sulfide) groups is 1. The molecule has 0 heterocycles. The van der Waals surface area contributed by atoms with E-state index in [1.54, 1.807) is 18.9 Å². The molecule has 0 amide bonds. The van der Waals surface area contributed by atoms with Crippen molar-refractivity contribution in [2.45, 2.75) is 58.1 Å². The first-order valence-electron chi connectivity index (χ1n) is 9.12. The predicted molar refractivity (Wildman–Crippen MR) is 121 cm³/mol. The van der Waals surface area contributed by atoms with Crippen LogP contribution in [0.15, 0.2) is 36.4 Å². The van der Waals surface area contributed by atoms with Gasteiger partial charge in [0, 0.05) is 22.4 Å². The summed E-state index contributed by atoms with van der Waals surface area (Å²) < 4.78 is 6.27. The van der Waals surface area contributed by atoms with Crippen molar-refractivity contribution in [1.82, 2.24) is 0 Å². The van der Waals surface area contributed by atoms with Crippen molar-refractivity contribution in [3.8, 4) is 11.5 Å². The Morgan fingerprint density at radius 2 is 1.52 bits per heavy atom. The molecule has 0 saturated carbocycles. The lowest BCUT2D eigenvalue weighted by Gasteiger charge is -2.28. The van der Waals surface area contributed by atoms with Crippen LogP contribution in [0.5, 0.6) is 11.5 Å². The Hall–Kier alpha value is -1.52. The third-order valence-corrected chi connectivity index (χ3v) is 6.06. The van der Waals surface area contributed by atoms with Crippen molar-refractivity contribution in [3.05, 3.63) is 58.7 Å². The van der Waals surface area contributed by atoms with Gasteiger partial charge >= 0.3 is 0 Å². The van der Waals surface area contributed by atoms with Crippen molar-refractivity contribution < 1.29 is 9.84 Å². The molecule has 0 aliphatic rings. The number of benzene rings is 2. The monoisotopic (exact) mass is 402 g/mol. The van der Waals surface area contributed by atoms with Crippen LogP contribution in [0.3, 0.4) is 0 Å². The number of thiocarbonyl (C=S) groups is 1. The molecule has 1 N–H and O–H groups in total. The molecule has 0 aliphatic heterocycles. The van der Waals surface area contributed by atoms with Crippen LogP contribution in [0.1, 0.15) is 63.8 Å². The van der Waals surface area contributed by atoms with Crippen LogP contribution in [0.4, 0.5) is 0 Å².